The summed E-state index contributed by atoms with van der Waals surface area (Å²) in [6, 6.07) is 0. The number of nitrogens with zero attached hydrogens (tertiary/aromatic N) is 3. The second-order valence-corrected chi connectivity index (χ2v) is 7.11. The van der Waals surface area contributed by atoms with Crippen LogP contribution in [0.5, 0.6) is 0 Å². The molecule has 0 aliphatic carbocycles. The van der Waals surface area contributed by atoms with E-state index in [-0.39, 0.29) is 31.0 Å². The van der Waals surface area contributed by atoms with Gasteiger partial charge in [0, 0.05) is 23.5 Å². The van der Waals surface area contributed by atoms with Crippen LogP contribution in [-0.2, 0) is 23.3 Å². The van der Waals surface area contributed by atoms with Crippen LogP contribution in [0.2, 0.25) is 0 Å². The first-order chi connectivity index (χ1) is 10.9. The Morgan fingerprint density at radius 1 is 1.43 bits per heavy atom. The molecule has 0 aliphatic heterocycles. The number of aromatic nitrogens is 3. The van der Waals surface area contributed by atoms with Gasteiger partial charge in [-0.15, -0.1) is 11.3 Å². The maximum Gasteiger partial charge on any atom is 0.241 e. The van der Waals surface area contributed by atoms with Crippen LogP contribution in [0.1, 0.15) is 31.5 Å². The fourth-order valence-corrected chi connectivity index (χ4v) is 2.77. The molecule has 2 aromatic rings. The molecule has 7 nitrogen and oxygen atoms in total. The molecule has 0 unspecified atom stereocenters. The van der Waals surface area contributed by atoms with Crippen molar-refractivity contribution in [1.29, 1.82) is 0 Å². The molecular formula is C15H23N5O2S. The van der Waals surface area contributed by atoms with Crippen molar-refractivity contribution in [2.75, 3.05) is 18.5 Å². The lowest BCUT2D eigenvalue weighted by Gasteiger charge is -2.13. The van der Waals surface area contributed by atoms with Crippen LogP contribution in [0.15, 0.2) is 17.8 Å². The van der Waals surface area contributed by atoms with Gasteiger partial charge < -0.3 is 15.7 Å². The number of thiazole rings is 1. The monoisotopic (exact) mass is 337 g/mol. The van der Waals surface area contributed by atoms with Gasteiger partial charge in [-0.25, -0.2) is 4.98 Å². The third-order valence-corrected chi connectivity index (χ3v) is 4.36. The highest BCUT2D eigenvalue weighted by Crippen LogP contribution is 2.25. The third-order valence-electron chi connectivity index (χ3n) is 3.04. The van der Waals surface area contributed by atoms with E-state index >= 15 is 0 Å². The predicted molar refractivity (Wildman–Crippen MR) is 90.5 cm³/mol. The Morgan fingerprint density at radius 3 is 2.87 bits per heavy atom. The molecule has 2 aromatic heterocycles. The number of nitrogens with one attached hydrogen (secondary N) is 2. The normalized spacial score (nSPS) is 11.5. The summed E-state index contributed by atoms with van der Waals surface area (Å²) < 4.78 is 1.55. The number of carbonyl (C=O) groups is 1. The highest BCUT2D eigenvalue weighted by Gasteiger charge is 2.17. The van der Waals surface area contributed by atoms with E-state index < -0.39 is 0 Å². The van der Waals surface area contributed by atoms with Crippen molar-refractivity contribution >= 4 is 22.9 Å². The topological polar surface area (TPSA) is 92.1 Å². The largest absolute Gasteiger partial charge is 0.395 e. The van der Waals surface area contributed by atoms with E-state index in [1.54, 1.807) is 28.4 Å². The Kier molecular flexibility index (Phi) is 5.73. The first kappa shape index (κ1) is 17.4. The number of carbonyl (C=O) groups excluding carboxylic acids is 1. The van der Waals surface area contributed by atoms with Gasteiger partial charge in [0.2, 0.25) is 5.91 Å². The molecule has 0 atom stereocenters. The number of amides is 1. The Balaban J connectivity index is 1.85. The number of aliphatic hydroxyl groups is 1. The zero-order chi connectivity index (χ0) is 16.9. The molecule has 0 saturated carbocycles. The van der Waals surface area contributed by atoms with Crippen molar-refractivity contribution in [3.63, 3.8) is 0 Å². The van der Waals surface area contributed by atoms with E-state index in [1.165, 1.54) is 0 Å². The summed E-state index contributed by atoms with van der Waals surface area (Å²) in [5.41, 5.74) is 1.90. The number of rotatable bonds is 7. The lowest BCUT2D eigenvalue weighted by molar-refractivity contribution is -0.122. The van der Waals surface area contributed by atoms with Gasteiger partial charge in [0.05, 0.1) is 35.7 Å². The van der Waals surface area contributed by atoms with Crippen molar-refractivity contribution in [3.8, 4) is 0 Å². The van der Waals surface area contributed by atoms with Gasteiger partial charge in [-0.3, -0.25) is 9.48 Å². The summed E-state index contributed by atoms with van der Waals surface area (Å²) in [5.74, 6) is -0.178. The summed E-state index contributed by atoms with van der Waals surface area (Å²) >= 11 is 1.67. The summed E-state index contributed by atoms with van der Waals surface area (Å²) in [6.07, 6.45) is 3.45. The van der Waals surface area contributed by atoms with E-state index in [0.29, 0.717) is 6.54 Å². The smallest absolute Gasteiger partial charge is 0.241 e. The molecular weight excluding hydrogens is 314 g/mol. The molecule has 0 aromatic carbocycles. The molecule has 0 radical (unpaired) electrons. The van der Waals surface area contributed by atoms with Crippen molar-refractivity contribution in [2.24, 2.45) is 0 Å². The van der Waals surface area contributed by atoms with E-state index in [9.17, 15) is 4.79 Å². The average molecular weight is 337 g/mol. The van der Waals surface area contributed by atoms with Crippen LogP contribution in [0, 0.1) is 0 Å². The second-order valence-electron chi connectivity index (χ2n) is 6.25. The summed E-state index contributed by atoms with van der Waals surface area (Å²) in [7, 11) is 0. The minimum absolute atomic E-state index is 0.0652. The van der Waals surface area contributed by atoms with Gasteiger partial charge in [-0.05, 0) is 0 Å². The number of aliphatic hydroxyl groups excluding tert-OH is 1. The van der Waals surface area contributed by atoms with Crippen LogP contribution >= 0.6 is 11.3 Å². The zero-order valence-corrected chi connectivity index (χ0v) is 14.5. The van der Waals surface area contributed by atoms with Crippen molar-refractivity contribution in [3.05, 3.63) is 28.5 Å². The van der Waals surface area contributed by atoms with Gasteiger partial charge in [0.1, 0.15) is 6.54 Å². The maximum absolute atomic E-state index is 11.5. The average Bonchev–Trinajstić information content (AvgIpc) is 3.11. The van der Waals surface area contributed by atoms with Crippen molar-refractivity contribution in [2.45, 2.75) is 39.3 Å². The fraction of sp³-hybridized carbons (Fsp3) is 0.533. The van der Waals surface area contributed by atoms with Crippen molar-refractivity contribution in [1.82, 2.24) is 20.1 Å². The van der Waals surface area contributed by atoms with Gasteiger partial charge in [-0.2, -0.15) is 5.10 Å². The lowest BCUT2D eigenvalue weighted by atomic mass is 9.98. The Morgan fingerprint density at radius 2 is 2.22 bits per heavy atom. The second kappa shape index (κ2) is 7.56. The molecule has 2 rings (SSSR count). The fourth-order valence-electron chi connectivity index (χ4n) is 1.86. The molecule has 0 spiro atoms. The lowest BCUT2D eigenvalue weighted by Crippen LogP contribution is -2.30. The number of hydrogen-bond acceptors (Lipinski definition) is 6. The predicted octanol–water partition coefficient (Wildman–Crippen LogP) is 1.36. The summed E-state index contributed by atoms with van der Waals surface area (Å²) in [6.45, 7) is 7.38. The molecule has 0 aliphatic rings. The van der Waals surface area contributed by atoms with Crippen LogP contribution in [0.3, 0.4) is 0 Å². The molecule has 126 valence electrons. The highest BCUT2D eigenvalue weighted by atomic mass is 32.1. The van der Waals surface area contributed by atoms with Crippen LogP contribution in [0.4, 0.5) is 5.69 Å². The molecule has 1 amide bonds. The standard InChI is InChI=1S/C15H23N5O2S/c1-15(2,3)14-19-12(10-23-14)6-17-11-7-18-20(8-11)9-13(22)16-4-5-21/h7-8,10,17,21H,4-6,9H2,1-3H3,(H,16,22). The SMILES string of the molecule is CC(C)(C)c1nc(CNc2cnn(CC(=O)NCCO)c2)cs1. The zero-order valence-electron chi connectivity index (χ0n) is 13.7. The van der Waals surface area contributed by atoms with E-state index in [4.69, 9.17) is 5.11 Å². The molecule has 0 bridgehead atoms. The first-order valence-electron chi connectivity index (χ1n) is 7.47. The van der Waals surface area contributed by atoms with Crippen LogP contribution in [0.25, 0.3) is 0 Å². The molecule has 0 saturated heterocycles. The summed E-state index contributed by atoms with van der Waals surface area (Å²) in [4.78, 5) is 16.2. The first-order valence-corrected chi connectivity index (χ1v) is 8.35. The number of anilines is 1. The Bertz CT molecular complexity index is 644. The molecule has 0 fully saturated rings. The molecule has 3 N–H and O–H groups in total. The van der Waals surface area contributed by atoms with E-state index in [1.807, 2.05) is 0 Å². The van der Waals surface area contributed by atoms with Gasteiger partial charge in [-0.1, -0.05) is 20.8 Å². The van der Waals surface area contributed by atoms with Crippen LogP contribution in [-0.4, -0.2) is 38.9 Å². The van der Waals surface area contributed by atoms with Crippen molar-refractivity contribution < 1.29 is 9.90 Å². The van der Waals surface area contributed by atoms with Gasteiger partial charge in [0.15, 0.2) is 0 Å². The maximum atomic E-state index is 11.5. The van der Waals surface area contributed by atoms with Gasteiger partial charge >= 0.3 is 0 Å². The number of hydrogen-bond donors (Lipinski definition) is 3. The summed E-state index contributed by atoms with van der Waals surface area (Å²) in [5, 5.41) is 21.8. The minimum Gasteiger partial charge on any atom is -0.395 e. The van der Waals surface area contributed by atoms with E-state index in [0.717, 1.165) is 16.4 Å². The Labute approximate surface area is 139 Å². The molecule has 2 heterocycles. The Hall–Kier alpha value is -1.93. The molecule has 8 heteroatoms. The van der Waals surface area contributed by atoms with Gasteiger partial charge in [0.25, 0.3) is 0 Å². The minimum atomic E-state index is -0.178. The third kappa shape index (κ3) is 5.33. The van der Waals surface area contributed by atoms with E-state index in [2.05, 4.69) is 46.9 Å². The van der Waals surface area contributed by atoms with Crippen LogP contribution < -0.4 is 10.6 Å². The highest BCUT2D eigenvalue weighted by molar-refractivity contribution is 7.09. The molecule has 23 heavy (non-hydrogen) atoms. The quantitative estimate of drug-likeness (QED) is 0.709.